The van der Waals surface area contributed by atoms with Crippen molar-refractivity contribution in [1.82, 2.24) is 19.7 Å². The molecule has 33 heavy (non-hydrogen) atoms. The topological polar surface area (TPSA) is 78.7 Å². The number of rotatable bonds is 4. The Hall–Kier alpha value is -3.81. The molecule has 1 amide bonds. The fourth-order valence-electron chi connectivity index (χ4n) is 4.40. The number of methoxy groups -OCH3 is 1. The normalized spacial score (nSPS) is 21.4. The number of aromatic nitrogens is 3. The van der Waals surface area contributed by atoms with Gasteiger partial charge in [-0.1, -0.05) is 24.3 Å². The second kappa shape index (κ2) is 8.61. The van der Waals surface area contributed by atoms with Crippen molar-refractivity contribution in [3.05, 3.63) is 71.5 Å². The van der Waals surface area contributed by atoms with E-state index in [1.165, 1.54) is 0 Å². The van der Waals surface area contributed by atoms with E-state index < -0.39 is 0 Å². The molecule has 170 valence electrons. The lowest BCUT2D eigenvalue weighted by Gasteiger charge is -2.40. The molecule has 2 aliphatic rings. The molecular formula is C25H26N4O4. The molecule has 1 saturated heterocycles. The van der Waals surface area contributed by atoms with Crippen LogP contribution in [-0.4, -0.2) is 51.9 Å². The van der Waals surface area contributed by atoms with Crippen LogP contribution in [0.25, 0.3) is 11.8 Å². The van der Waals surface area contributed by atoms with Crippen molar-refractivity contribution in [3.8, 4) is 17.2 Å². The van der Waals surface area contributed by atoms with Crippen LogP contribution >= 0.6 is 0 Å². The van der Waals surface area contributed by atoms with Crippen LogP contribution in [0.3, 0.4) is 0 Å². The molecule has 0 spiro atoms. The molecule has 8 nitrogen and oxygen atoms in total. The zero-order valence-electron chi connectivity index (χ0n) is 18.9. The molecule has 3 heterocycles. The zero-order valence-corrected chi connectivity index (χ0v) is 18.9. The van der Waals surface area contributed by atoms with Crippen molar-refractivity contribution in [1.29, 1.82) is 0 Å². The Bertz CT molecular complexity index is 1220. The molecule has 3 aromatic rings. The third-order valence-corrected chi connectivity index (χ3v) is 5.91. The summed E-state index contributed by atoms with van der Waals surface area (Å²) in [6.07, 6.45) is 4.05. The number of nitrogens with zero attached hydrogens (tertiary/aromatic N) is 4. The van der Waals surface area contributed by atoms with Crippen LogP contribution in [-0.2, 0) is 9.53 Å². The standard InChI is InChI=1S/C25H26N4O4/c1-16-14-28(20-10-11-32-22-7-5-4-6-19(20)22)25(30)24(33-16)13-18-8-9-21(23(12-18)31-3)29-15-26-17(2)27-29/h4-9,12-13,15-16,20H,10-11,14H2,1-3H3/b24-13-/t16-,20-/m0/s1. The Morgan fingerprint density at radius 2 is 2.06 bits per heavy atom. The highest BCUT2D eigenvalue weighted by Gasteiger charge is 2.37. The van der Waals surface area contributed by atoms with Gasteiger partial charge in [-0.3, -0.25) is 4.79 Å². The monoisotopic (exact) mass is 446 g/mol. The Morgan fingerprint density at radius 1 is 1.21 bits per heavy atom. The molecule has 0 radical (unpaired) electrons. The summed E-state index contributed by atoms with van der Waals surface area (Å²) < 4.78 is 19.0. The molecular weight excluding hydrogens is 420 g/mol. The average Bonchev–Trinajstić information content (AvgIpc) is 3.26. The lowest BCUT2D eigenvalue weighted by atomic mass is 9.97. The third kappa shape index (κ3) is 4.04. The first-order chi connectivity index (χ1) is 16.0. The van der Waals surface area contributed by atoms with Gasteiger partial charge in [0.1, 0.15) is 35.4 Å². The summed E-state index contributed by atoms with van der Waals surface area (Å²) in [7, 11) is 1.61. The number of carbonyl (C=O) groups excluding carboxylic acids is 1. The second-order valence-electron chi connectivity index (χ2n) is 8.25. The highest BCUT2D eigenvalue weighted by Crippen LogP contribution is 2.38. The lowest BCUT2D eigenvalue weighted by molar-refractivity contribution is -0.142. The van der Waals surface area contributed by atoms with Crippen molar-refractivity contribution < 1.29 is 19.0 Å². The number of hydrogen-bond acceptors (Lipinski definition) is 6. The van der Waals surface area contributed by atoms with Crippen molar-refractivity contribution in [3.63, 3.8) is 0 Å². The van der Waals surface area contributed by atoms with Crippen LogP contribution in [0.15, 0.2) is 54.6 Å². The molecule has 1 aromatic heterocycles. The summed E-state index contributed by atoms with van der Waals surface area (Å²) in [5.41, 5.74) is 2.61. The second-order valence-corrected chi connectivity index (χ2v) is 8.25. The van der Waals surface area contributed by atoms with Crippen molar-refractivity contribution >= 4 is 12.0 Å². The largest absolute Gasteiger partial charge is 0.494 e. The van der Waals surface area contributed by atoms with E-state index >= 15 is 0 Å². The molecule has 0 unspecified atom stereocenters. The predicted octanol–water partition coefficient (Wildman–Crippen LogP) is 3.70. The minimum atomic E-state index is -0.122. The molecule has 2 aromatic carbocycles. The fraction of sp³-hybridized carbons (Fsp3) is 0.320. The number of ether oxygens (including phenoxy) is 3. The maximum atomic E-state index is 13.5. The molecule has 0 aliphatic carbocycles. The number of morpholine rings is 1. The van der Waals surface area contributed by atoms with Crippen LogP contribution < -0.4 is 9.47 Å². The van der Waals surface area contributed by atoms with Gasteiger partial charge in [-0.05, 0) is 43.7 Å². The highest BCUT2D eigenvalue weighted by atomic mass is 16.5. The molecule has 0 bridgehead atoms. The number of benzene rings is 2. The molecule has 2 atom stereocenters. The Morgan fingerprint density at radius 3 is 2.85 bits per heavy atom. The van der Waals surface area contributed by atoms with Crippen molar-refractivity contribution in [2.45, 2.75) is 32.4 Å². The Balaban J connectivity index is 1.46. The third-order valence-electron chi connectivity index (χ3n) is 5.91. The minimum absolute atomic E-state index is 0.0373. The zero-order chi connectivity index (χ0) is 22.9. The van der Waals surface area contributed by atoms with Crippen LogP contribution in [0.4, 0.5) is 0 Å². The van der Waals surface area contributed by atoms with E-state index in [2.05, 4.69) is 10.1 Å². The number of aryl methyl sites for hydroxylation is 1. The van der Waals surface area contributed by atoms with Gasteiger partial charge in [-0.15, -0.1) is 0 Å². The van der Waals surface area contributed by atoms with Gasteiger partial charge in [0.05, 0.1) is 26.3 Å². The maximum Gasteiger partial charge on any atom is 0.289 e. The van der Waals surface area contributed by atoms with Crippen LogP contribution in [0, 0.1) is 6.92 Å². The fourth-order valence-corrected chi connectivity index (χ4v) is 4.40. The van der Waals surface area contributed by atoms with Gasteiger partial charge in [0.2, 0.25) is 0 Å². The molecule has 0 N–H and O–H groups in total. The van der Waals surface area contributed by atoms with Crippen molar-refractivity contribution in [2.75, 3.05) is 20.3 Å². The smallest absolute Gasteiger partial charge is 0.289 e. The lowest BCUT2D eigenvalue weighted by Crippen LogP contribution is -2.47. The van der Waals surface area contributed by atoms with E-state index in [1.807, 2.05) is 61.2 Å². The first-order valence-electron chi connectivity index (χ1n) is 11.0. The van der Waals surface area contributed by atoms with Gasteiger partial charge in [-0.2, -0.15) is 5.10 Å². The average molecular weight is 447 g/mol. The van der Waals surface area contributed by atoms with Crippen LogP contribution in [0.5, 0.6) is 11.5 Å². The number of amides is 1. The number of hydrogen-bond donors (Lipinski definition) is 0. The van der Waals surface area contributed by atoms with Gasteiger partial charge in [0.15, 0.2) is 5.76 Å². The number of para-hydroxylation sites is 1. The predicted molar refractivity (Wildman–Crippen MR) is 122 cm³/mol. The summed E-state index contributed by atoms with van der Waals surface area (Å²) in [6, 6.07) is 13.6. The van der Waals surface area contributed by atoms with Gasteiger partial charge in [0, 0.05) is 12.0 Å². The summed E-state index contributed by atoms with van der Waals surface area (Å²) in [5, 5.41) is 4.35. The molecule has 2 aliphatic heterocycles. The first kappa shape index (κ1) is 21.1. The quantitative estimate of drug-likeness (QED) is 0.569. The van der Waals surface area contributed by atoms with Gasteiger partial charge in [-0.25, -0.2) is 9.67 Å². The highest BCUT2D eigenvalue weighted by molar-refractivity contribution is 5.97. The van der Waals surface area contributed by atoms with Crippen molar-refractivity contribution in [2.24, 2.45) is 0 Å². The summed E-state index contributed by atoms with van der Waals surface area (Å²) in [5.74, 6) is 2.35. The molecule has 5 rings (SSSR count). The summed E-state index contributed by atoms with van der Waals surface area (Å²) in [4.78, 5) is 19.6. The van der Waals surface area contributed by atoms with E-state index in [9.17, 15) is 4.79 Å². The molecule has 1 fully saturated rings. The van der Waals surface area contributed by atoms with Crippen LogP contribution in [0.2, 0.25) is 0 Å². The Labute approximate surface area is 192 Å². The van der Waals surface area contributed by atoms with E-state index in [0.29, 0.717) is 30.5 Å². The summed E-state index contributed by atoms with van der Waals surface area (Å²) >= 11 is 0. The van der Waals surface area contributed by atoms with E-state index in [4.69, 9.17) is 14.2 Å². The Kier molecular flexibility index (Phi) is 5.50. The minimum Gasteiger partial charge on any atom is -0.494 e. The van der Waals surface area contributed by atoms with Gasteiger partial charge < -0.3 is 19.1 Å². The van der Waals surface area contributed by atoms with E-state index in [-0.39, 0.29) is 18.1 Å². The summed E-state index contributed by atoms with van der Waals surface area (Å²) in [6.45, 7) is 4.93. The van der Waals surface area contributed by atoms with E-state index in [1.54, 1.807) is 24.2 Å². The SMILES string of the molecule is COc1cc(/C=C2\O[C@@H](C)CN([C@H]3CCOc4ccccc43)C2=O)ccc1-n1cnc(C)n1. The van der Waals surface area contributed by atoms with Gasteiger partial charge in [0.25, 0.3) is 5.91 Å². The van der Waals surface area contributed by atoms with Crippen LogP contribution in [0.1, 0.15) is 36.3 Å². The maximum absolute atomic E-state index is 13.5. The first-order valence-corrected chi connectivity index (χ1v) is 11.0. The molecule has 0 saturated carbocycles. The number of fused-ring (bicyclic) bond motifs is 1. The molecule has 8 heteroatoms. The van der Waals surface area contributed by atoms with E-state index in [0.717, 1.165) is 29.0 Å². The van der Waals surface area contributed by atoms with Gasteiger partial charge >= 0.3 is 0 Å². The number of carbonyl (C=O) groups is 1.